The number of carbonyl (C=O) groups is 1. The van der Waals surface area contributed by atoms with Crippen LogP contribution in [0.3, 0.4) is 0 Å². The van der Waals surface area contributed by atoms with Gasteiger partial charge in [-0.05, 0) is 47.9 Å². The minimum atomic E-state index is -0.405. The van der Waals surface area contributed by atoms with Gasteiger partial charge in [-0.15, -0.1) is 0 Å². The Morgan fingerprint density at radius 3 is 2.57 bits per heavy atom. The molecule has 2 aromatic rings. The molecule has 2 aliphatic heterocycles. The lowest BCUT2D eigenvalue weighted by molar-refractivity contribution is -0.114. The highest BCUT2D eigenvalue weighted by atomic mass is 32.2. The zero-order chi connectivity index (χ0) is 19.8. The second-order valence-corrected chi connectivity index (χ2v) is 8.07. The lowest BCUT2D eigenvalue weighted by Gasteiger charge is -2.20. The van der Waals surface area contributed by atoms with Crippen LogP contribution in [0.2, 0.25) is 0 Å². The van der Waals surface area contributed by atoms with Gasteiger partial charge in [0.15, 0.2) is 5.84 Å². The summed E-state index contributed by atoms with van der Waals surface area (Å²) in [7, 11) is 0. The molecule has 140 valence electrons. The van der Waals surface area contributed by atoms with E-state index in [4.69, 9.17) is 5.41 Å². The van der Waals surface area contributed by atoms with Crippen LogP contribution < -0.4 is 0 Å². The number of amidine groups is 2. The molecule has 0 aromatic heterocycles. The Balaban J connectivity index is 1.65. The Bertz CT molecular complexity index is 1060. The average molecular weight is 388 g/mol. The maximum absolute atomic E-state index is 12.5. The number of hydrogen-bond acceptors (Lipinski definition) is 4. The predicted octanol–water partition coefficient (Wildman–Crippen LogP) is 4.79. The number of nitrogens with zero attached hydrogens (tertiary/aromatic N) is 3. The molecule has 2 heterocycles. The number of aliphatic imine (C=N–C) groups is 1. The summed E-state index contributed by atoms with van der Waals surface area (Å²) in [6, 6.07) is 16.0. The minimum Gasteiger partial charge on any atom is -0.282 e. The Morgan fingerprint density at radius 2 is 1.89 bits per heavy atom. The van der Waals surface area contributed by atoms with Crippen molar-refractivity contribution in [2.24, 2.45) is 10.1 Å². The van der Waals surface area contributed by atoms with Crippen molar-refractivity contribution < 1.29 is 4.79 Å². The molecule has 1 N–H and O–H groups in total. The number of aryl methyl sites for hydroxylation is 1. The number of nitrogens with one attached hydrogen (secondary N) is 1. The fourth-order valence-corrected chi connectivity index (χ4v) is 3.92. The maximum atomic E-state index is 12.5. The SMILES string of the molecule is Cc1cccc(C2=NN3C(=N)C(=Cc4ccc(C(C)C)cc4)C(=O)N=C3S2)c1. The monoisotopic (exact) mass is 388 g/mol. The van der Waals surface area contributed by atoms with E-state index < -0.39 is 5.91 Å². The minimum absolute atomic E-state index is 0.0538. The van der Waals surface area contributed by atoms with Crippen LogP contribution in [0.25, 0.3) is 6.08 Å². The third-order valence-corrected chi connectivity index (χ3v) is 5.59. The standard InChI is InChI=1S/C22H20N4OS/c1-13(2)16-9-7-15(8-10-16)12-18-19(23)26-22(24-20(18)27)28-21(25-26)17-6-4-5-14(3)11-17/h4-13,23H,1-3H3. The Labute approximate surface area is 168 Å². The number of hydrazone groups is 1. The molecule has 28 heavy (non-hydrogen) atoms. The summed E-state index contributed by atoms with van der Waals surface area (Å²) < 4.78 is 0. The molecule has 0 saturated carbocycles. The summed E-state index contributed by atoms with van der Waals surface area (Å²) in [6.07, 6.45) is 1.71. The molecule has 0 bridgehead atoms. The summed E-state index contributed by atoms with van der Waals surface area (Å²) in [5.74, 6) is 0.0925. The fourth-order valence-electron chi connectivity index (χ4n) is 3.03. The molecule has 6 heteroatoms. The van der Waals surface area contributed by atoms with Crippen LogP contribution >= 0.6 is 11.8 Å². The first-order valence-electron chi connectivity index (χ1n) is 9.09. The molecule has 2 aliphatic rings. The third-order valence-electron chi connectivity index (χ3n) is 4.63. The third kappa shape index (κ3) is 3.43. The van der Waals surface area contributed by atoms with Gasteiger partial charge in [0, 0.05) is 5.56 Å². The molecule has 2 aromatic carbocycles. The molecular weight excluding hydrogens is 368 g/mol. The molecule has 0 radical (unpaired) electrons. The van der Waals surface area contributed by atoms with Crippen molar-refractivity contribution in [2.75, 3.05) is 0 Å². The Kier molecular flexibility index (Phi) is 4.73. The first-order valence-corrected chi connectivity index (χ1v) is 9.91. The van der Waals surface area contributed by atoms with E-state index in [1.807, 2.05) is 55.5 Å². The summed E-state index contributed by atoms with van der Waals surface area (Å²) in [4.78, 5) is 16.7. The highest BCUT2D eigenvalue weighted by Crippen LogP contribution is 2.31. The first-order chi connectivity index (χ1) is 13.4. The summed E-state index contributed by atoms with van der Waals surface area (Å²) in [5, 5.41) is 15.6. The highest BCUT2D eigenvalue weighted by Gasteiger charge is 2.36. The van der Waals surface area contributed by atoms with Gasteiger partial charge in [-0.1, -0.05) is 61.9 Å². The second-order valence-electron chi connectivity index (χ2n) is 7.12. The normalized spacial score (nSPS) is 17.9. The van der Waals surface area contributed by atoms with E-state index in [0.717, 1.165) is 21.7 Å². The van der Waals surface area contributed by atoms with E-state index in [2.05, 4.69) is 23.9 Å². The molecule has 0 aliphatic carbocycles. The van der Waals surface area contributed by atoms with Crippen molar-refractivity contribution in [3.63, 3.8) is 0 Å². The topological polar surface area (TPSA) is 68.9 Å². The number of hydrogen-bond donors (Lipinski definition) is 1. The van der Waals surface area contributed by atoms with Gasteiger partial charge in [0.05, 0.1) is 5.57 Å². The highest BCUT2D eigenvalue weighted by molar-refractivity contribution is 8.27. The lowest BCUT2D eigenvalue weighted by atomic mass is 10.0. The van der Waals surface area contributed by atoms with Crippen molar-refractivity contribution in [1.29, 1.82) is 5.41 Å². The molecule has 0 unspecified atom stereocenters. The van der Waals surface area contributed by atoms with Gasteiger partial charge in [-0.3, -0.25) is 10.2 Å². The number of benzene rings is 2. The van der Waals surface area contributed by atoms with Crippen molar-refractivity contribution >= 4 is 39.8 Å². The van der Waals surface area contributed by atoms with Gasteiger partial charge >= 0.3 is 0 Å². The summed E-state index contributed by atoms with van der Waals surface area (Å²) in [6.45, 7) is 6.29. The van der Waals surface area contributed by atoms with Crippen LogP contribution in [0.5, 0.6) is 0 Å². The quantitative estimate of drug-likeness (QED) is 0.769. The zero-order valence-corrected chi connectivity index (χ0v) is 16.7. The molecule has 0 spiro atoms. The van der Waals surface area contributed by atoms with Crippen molar-refractivity contribution in [1.82, 2.24) is 5.01 Å². The zero-order valence-electron chi connectivity index (χ0n) is 15.9. The van der Waals surface area contributed by atoms with Crippen molar-refractivity contribution in [3.8, 4) is 0 Å². The van der Waals surface area contributed by atoms with Gasteiger partial charge in [-0.25, -0.2) is 0 Å². The molecule has 4 rings (SSSR count). The van der Waals surface area contributed by atoms with Crippen molar-refractivity contribution in [2.45, 2.75) is 26.7 Å². The molecule has 0 atom stereocenters. The molecule has 5 nitrogen and oxygen atoms in total. The molecule has 1 amide bonds. The largest absolute Gasteiger partial charge is 0.283 e. The van der Waals surface area contributed by atoms with Crippen LogP contribution in [0.1, 0.15) is 42.0 Å². The second kappa shape index (κ2) is 7.20. The maximum Gasteiger partial charge on any atom is 0.283 e. The number of amides is 1. The Hall–Kier alpha value is -2.99. The van der Waals surface area contributed by atoms with Crippen LogP contribution in [0.4, 0.5) is 0 Å². The molecule has 0 fully saturated rings. The molecular formula is C22H20N4OS. The van der Waals surface area contributed by atoms with E-state index in [0.29, 0.717) is 11.1 Å². The van der Waals surface area contributed by atoms with Gasteiger partial charge in [-0.2, -0.15) is 15.1 Å². The summed E-state index contributed by atoms with van der Waals surface area (Å²) >= 11 is 1.31. The van der Waals surface area contributed by atoms with E-state index in [1.54, 1.807) is 6.08 Å². The first kappa shape index (κ1) is 18.4. The van der Waals surface area contributed by atoms with Gasteiger partial charge in [0.1, 0.15) is 5.04 Å². The van der Waals surface area contributed by atoms with Gasteiger partial charge in [0.25, 0.3) is 5.91 Å². The fraction of sp³-hybridized carbons (Fsp3) is 0.182. The van der Waals surface area contributed by atoms with Crippen molar-refractivity contribution in [3.05, 3.63) is 76.4 Å². The number of fused-ring (bicyclic) bond motifs is 1. The lowest BCUT2D eigenvalue weighted by Crippen LogP contribution is -2.35. The van der Waals surface area contributed by atoms with Crippen LogP contribution in [0.15, 0.2) is 64.2 Å². The number of rotatable bonds is 3. The summed E-state index contributed by atoms with van der Waals surface area (Å²) in [5.41, 5.74) is 4.43. The number of thioether (sulfide) groups is 1. The van der Waals surface area contributed by atoms with Gasteiger partial charge in [0.2, 0.25) is 5.17 Å². The van der Waals surface area contributed by atoms with Crippen LogP contribution in [0, 0.1) is 12.3 Å². The average Bonchev–Trinajstić information content (AvgIpc) is 3.10. The van der Waals surface area contributed by atoms with Crippen LogP contribution in [-0.4, -0.2) is 27.0 Å². The Morgan fingerprint density at radius 1 is 1.14 bits per heavy atom. The molecule has 0 saturated heterocycles. The van der Waals surface area contributed by atoms with E-state index >= 15 is 0 Å². The number of carbonyl (C=O) groups excluding carboxylic acids is 1. The smallest absolute Gasteiger partial charge is 0.282 e. The van der Waals surface area contributed by atoms with E-state index in [1.165, 1.54) is 22.3 Å². The van der Waals surface area contributed by atoms with Gasteiger partial charge < -0.3 is 0 Å². The van der Waals surface area contributed by atoms with Crippen LogP contribution in [-0.2, 0) is 4.79 Å². The van der Waals surface area contributed by atoms with E-state index in [-0.39, 0.29) is 11.4 Å². The predicted molar refractivity (Wildman–Crippen MR) is 116 cm³/mol. The van der Waals surface area contributed by atoms with E-state index in [9.17, 15) is 4.79 Å².